The molecule has 1 atom stereocenters. The molecular formula is C11H16BrFN2O. The lowest BCUT2D eigenvalue weighted by Crippen LogP contribution is -2.20. The molecule has 0 aromatic heterocycles. The molecule has 5 heteroatoms. The van der Waals surface area contributed by atoms with Crippen molar-refractivity contribution < 1.29 is 9.50 Å². The Labute approximate surface area is 103 Å². The number of hydrogen-bond donors (Lipinski definition) is 3. The summed E-state index contributed by atoms with van der Waals surface area (Å²) in [5.41, 5.74) is 6.76. The first-order valence-corrected chi connectivity index (χ1v) is 5.99. The third kappa shape index (κ3) is 3.35. The number of nitrogen functional groups attached to an aromatic ring is 1. The van der Waals surface area contributed by atoms with Gasteiger partial charge in [0.15, 0.2) is 0 Å². The standard InChI is InChI=1S/C11H16BrFN2O/c1-2-7(3-4-16)15-11-5-8(12)9(13)6-10(11)14/h5-7,15-16H,2-4,14H2,1H3. The second-order valence-corrected chi connectivity index (χ2v) is 4.47. The van der Waals surface area contributed by atoms with E-state index in [0.717, 1.165) is 6.42 Å². The van der Waals surface area contributed by atoms with Gasteiger partial charge in [-0.15, -0.1) is 0 Å². The quantitative estimate of drug-likeness (QED) is 0.731. The van der Waals surface area contributed by atoms with Crippen LogP contribution in [0.1, 0.15) is 19.8 Å². The summed E-state index contributed by atoms with van der Waals surface area (Å²) in [4.78, 5) is 0. The first-order valence-electron chi connectivity index (χ1n) is 5.20. The molecule has 16 heavy (non-hydrogen) atoms. The van der Waals surface area contributed by atoms with Crippen molar-refractivity contribution in [1.82, 2.24) is 0 Å². The second-order valence-electron chi connectivity index (χ2n) is 3.62. The Kier molecular flexibility index (Phi) is 5.02. The van der Waals surface area contributed by atoms with E-state index in [9.17, 15) is 4.39 Å². The van der Waals surface area contributed by atoms with Gasteiger partial charge in [-0.25, -0.2) is 4.39 Å². The van der Waals surface area contributed by atoms with Crippen molar-refractivity contribution in [1.29, 1.82) is 0 Å². The van der Waals surface area contributed by atoms with Crippen molar-refractivity contribution in [3.8, 4) is 0 Å². The number of nitrogens with one attached hydrogen (secondary N) is 1. The maximum absolute atomic E-state index is 13.1. The predicted octanol–water partition coefficient (Wildman–Crippen LogP) is 2.74. The zero-order chi connectivity index (χ0) is 12.1. The summed E-state index contributed by atoms with van der Waals surface area (Å²) in [5.74, 6) is -0.377. The highest BCUT2D eigenvalue weighted by atomic mass is 79.9. The molecular weight excluding hydrogens is 275 g/mol. The molecule has 1 aromatic rings. The van der Waals surface area contributed by atoms with Crippen molar-refractivity contribution in [3.05, 3.63) is 22.4 Å². The molecule has 1 unspecified atom stereocenters. The van der Waals surface area contributed by atoms with Crippen LogP contribution in [0.15, 0.2) is 16.6 Å². The van der Waals surface area contributed by atoms with E-state index in [1.165, 1.54) is 6.07 Å². The van der Waals surface area contributed by atoms with Crippen LogP contribution < -0.4 is 11.1 Å². The minimum absolute atomic E-state index is 0.119. The Morgan fingerprint density at radius 1 is 1.56 bits per heavy atom. The molecule has 0 aliphatic heterocycles. The average molecular weight is 291 g/mol. The summed E-state index contributed by atoms with van der Waals surface area (Å²) < 4.78 is 13.5. The Bertz CT molecular complexity index is 360. The molecule has 0 saturated heterocycles. The molecule has 0 heterocycles. The van der Waals surface area contributed by atoms with Crippen molar-refractivity contribution in [3.63, 3.8) is 0 Å². The van der Waals surface area contributed by atoms with Crippen LogP contribution in [0.25, 0.3) is 0 Å². The average Bonchev–Trinajstić information content (AvgIpc) is 2.25. The monoisotopic (exact) mass is 290 g/mol. The van der Waals surface area contributed by atoms with Gasteiger partial charge in [0.1, 0.15) is 5.82 Å². The Balaban J connectivity index is 2.83. The number of benzene rings is 1. The van der Waals surface area contributed by atoms with Crippen LogP contribution in [0.4, 0.5) is 15.8 Å². The van der Waals surface area contributed by atoms with Crippen LogP contribution in [0.2, 0.25) is 0 Å². The van der Waals surface area contributed by atoms with Gasteiger partial charge in [-0.1, -0.05) is 6.92 Å². The zero-order valence-electron chi connectivity index (χ0n) is 9.13. The number of hydrogen-bond acceptors (Lipinski definition) is 3. The molecule has 0 aliphatic carbocycles. The molecule has 0 spiro atoms. The van der Waals surface area contributed by atoms with Gasteiger partial charge in [0.2, 0.25) is 0 Å². The normalized spacial score (nSPS) is 12.5. The van der Waals surface area contributed by atoms with Gasteiger partial charge in [0.05, 0.1) is 15.8 Å². The van der Waals surface area contributed by atoms with E-state index in [1.54, 1.807) is 6.07 Å². The van der Waals surface area contributed by atoms with E-state index in [-0.39, 0.29) is 18.5 Å². The largest absolute Gasteiger partial charge is 0.397 e. The molecule has 4 N–H and O–H groups in total. The minimum Gasteiger partial charge on any atom is -0.397 e. The van der Waals surface area contributed by atoms with E-state index in [0.29, 0.717) is 22.3 Å². The van der Waals surface area contributed by atoms with Gasteiger partial charge in [-0.05, 0) is 34.8 Å². The van der Waals surface area contributed by atoms with Crippen LogP contribution in [-0.2, 0) is 0 Å². The van der Waals surface area contributed by atoms with Crippen molar-refractivity contribution in [2.75, 3.05) is 17.7 Å². The van der Waals surface area contributed by atoms with Crippen LogP contribution in [0, 0.1) is 5.82 Å². The lowest BCUT2D eigenvalue weighted by molar-refractivity contribution is 0.278. The smallest absolute Gasteiger partial charge is 0.139 e. The fraction of sp³-hybridized carbons (Fsp3) is 0.455. The highest BCUT2D eigenvalue weighted by Gasteiger charge is 2.10. The molecule has 1 aromatic carbocycles. The third-order valence-corrected chi connectivity index (χ3v) is 3.03. The Hall–Kier alpha value is -0.810. The molecule has 0 aliphatic rings. The predicted molar refractivity (Wildman–Crippen MR) is 67.9 cm³/mol. The maximum Gasteiger partial charge on any atom is 0.139 e. The first-order chi connectivity index (χ1) is 7.58. The number of aliphatic hydroxyl groups is 1. The van der Waals surface area contributed by atoms with E-state index in [4.69, 9.17) is 10.8 Å². The van der Waals surface area contributed by atoms with Gasteiger partial charge in [-0.2, -0.15) is 0 Å². The summed E-state index contributed by atoms with van der Waals surface area (Å²) in [5, 5.41) is 12.1. The maximum atomic E-state index is 13.1. The van der Waals surface area contributed by atoms with Crippen LogP contribution in [0.3, 0.4) is 0 Å². The second kappa shape index (κ2) is 6.06. The molecule has 1 rings (SSSR count). The Morgan fingerprint density at radius 3 is 2.81 bits per heavy atom. The van der Waals surface area contributed by atoms with Crippen LogP contribution >= 0.6 is 15.9 Å². The van der Waals surface area contributed by atoms with Gasteiger partial charge < -0.3 is 16.2 Å². The van der Waals surface area contributed by atoms with Crippen molar-refractivity contribution in [2.45, 2.75) is 25.8 Å². The van der Waals surface area contributed by atoms with E-state index in [2.05, 4.69) is 21.2 Å². The molecule has 0 saturated carbocycles. The molecule has 0 fully saturated rings. The summed E-state index contributed by atoms with van der Waals surface area (Å²) in [7, 11) is 0. The summed E-state index contributed by atoms with van der Waals surface area (Å²) >= 11 is 3.11. The van der Waals surface area contributed by atoms with E-state index >= 15 is 0 Å². The summed E-state index contributed by atoms with van der Waals surface area (Å²) in [6.07, 6.45) is 1.51. The number of halogens is 2. The molecule has 90 valence electrons. The van der Waals surface area contributed by atoms with E-state index < -0.39 is 0 Å². The number of nitrogens with two attached hydrogens (primary N) is 1. The molecule has 0 radical (unpaired) electrons. The Morgan fingerprint density at radius 2 is 2.25 bits per heavy atom. The van der Waals surface area contributed by atoms with Gasteiger partial charge in [-0.3, -0.25) is 0 Å². The van der Waals surface area contributed by atoms with Crippen molar-refractivity contribution in [2.24, 2.45) is 0 Å². The molecule has 3 nitrogen and oxygen atoms in total. The first kappa shape index (κ1) is 13.3. The topological polar surface area (TPSA) is 58.3 Å². The highest BCUT2D eigenvalue weighted by molar-refractivity contribution is 9.10. The van der Waals surface area contributed by atoms with Gasteiger partial charge in [0, 0.05) is 18.7 Å². The zero-order valence-corrected chi connectivity index (χ0v) is 10.7. The van der Waals surface area contributed by atoms with Crippen molar-refractivity contribution >= 4 is 27.3 Å². The number of anilines is 2. The minimum atomic E-state index is -0.377. The lowest BCUT2D eigenvalue weighted by atomic mass is 10.1. The lowest BCUT2D eigenvalue weighted by Gasteiger charge is -2.18. The fourth-order valence-corrected chi connectivity index (χ4v) is 1.78. The fourth-order valence-electron chi connectivity index (χ4n) is 1.44. The van der Waals surface area contributed by atoms with Crippen LogP contribution in [-0.4, -0.2) is 17.8 Å². The van der Waals surface area contributed by atoms with Crippen LogP contribution in [0.5, 0.6) is 0 Å². The molecule has 0 amide bonds. The number of rotatable bonds is 5. The third-order valence-electron chi connectivity index (χ3n) is 2.42. The molecule has 0 bridgehead atoms. The van der Waals surface area contributed by atoms with E-state index in [1.807, 2.05) is 6.92 Å². The van der Waals surface area contributed by atoms with Gasteiger partial charge >= 0.3 is 0 Å². The number of aliphatic hydroxyl groups excluding tert-OH is 1. The summed E-state index contributed by atoms with van der Waals surface area (Å²) in [6.45, 7) is 2.13. The highest BCUT2D eigenvalue weighted by Crippen LogP contribution is 2.27. The SMILES string of the molecule is CCC(CCO)Nc1cc(Br)c(F)cc1N. The summed E-state index contributed by atoms with van der Waals surface area (Å²) in [6, 6.07) is 3.03. The van der Waals surface area contributed by atoms with Gasteiger partial charge in [0.25, 0.3) is 0 Å².